The Morgan fingerprint density at radius 1 is 1.30 bits per heavy atom. The molecule has 110 valence electrons. The Hall–Kier alpha value is -1.39. The van der Waals surface area contributed by atoms with E-state index >= 15 is 0 Å². The van der Waals surface area contributed by atoms with Crippen LogP contribution in [0.5, 0.6) is 0 Å². The average Bonchev–Trinajstić information content (AvgIpc) is 2.46. The van der Waals surface area contributed by atoms with Gasteiger partial charge in [0, 0.05) is 12.1 Å². The summed E-state index contributed by atoms with van der Waals surface area (Å²) in [6, 6.07) is 5.15. The van der Waals surface area contributed by atoms with Crippen molar-refractivity contribution in [2.24, 2.45) is 11.8 Å². The zero-order chi connectivity index (χ0) is 14.8. The first-order valence-electron chi connectivity index (χ1n) is 6.92. The lowest BCUT2D eigenvalue weighted by atomic mass is 9.73. The van der Waals surface area contributed by atoms with Gasteiger partial charge in [0.1, 0.15) is 5.78 Å². The lowest BCUT2D eigenvalue weighted by Gasteiger charge is -2.33. The Labute approximate surface area is 116 Å². The molecule has 0 amide bonds. The number of aromatic nitrogens is 1. The smallest absolute Gasteiger partial charge is 0.299 e. The summed E-state index contributed by atoms with van der Waals surface area (Å²) in [6.07, 6.45) is -1.09. The van der Waals surface area contributed by atoms with Gasteiger partial charge >= 0.3 is 6.18 Å². The Morgan fingerprint density at radius 2 is 2.00 bits per heavy atom. The molecule has 0 bridgehead atoms. The Kier molecular flexibility index (Phi) is 4.45. The number of rotatable bonds is 3. The van der Waals surface area contributed by atoms with Crippen molar-refractivity contribution in [3.63, 3.8) is 0 Å². The van der Waals surface area contributed by atoms with Crippen molar-refractivity contribution in [1.29, 1.82) is 0 Å². The number of hydrogen-bond donors (Lipinski definition) is 0. The molecule has 20 heavy (non-hydrogen) atoms. The Balaban J connectivity index is 2.18. The minimum Gasteiger partial charge on any atom is -0.299 e. The van der Waals surface area contributed by atoms with E-state index in [1.807, 2.05) is 0 Å². The average molecular weight is 285 g/mol. The van der Waals surface area contributed by atoms with Crippen LogP contribution < -0.4 is 0 Å². The maximum atomic E-state index is 13.0. The lowest BCUT2D eigenvalue weighted by molar-refractivity contribution is -0.198. The fourth-order valence-corrected chi connectivity index (χ4v) is 2.96. The van der Waals surface area contributed by atoms with E-state index < -0.39 is 23.9 Å². The second-order valence-corrected chi connectivity index (χ2v) is 5.42. The largest absolute Gasteiger partial charge is 0.392 e. The van der Waals surface area contributed by atoms with Gasteiger partial charge in [0.15, 0.2) is 0 Å². The van der Waals surface area contributed by atoms with Gasteiger partial charge < -0.3 is 0 Å². The highest BCUT2D eigenvalue weighted by Crippen LogP contribution is 2.43. The van der Waals surface area contributed by atoms with Crippen molar-refractivity contribution in [3.8, 4) is 0 Å². The molecule has 3 atom stereocenters. The standard InChI is InChI=1S/C15H18F3NO/c1-10(13-8-4-5-9-19-13)14(20)11-6-2-3-7-12(11)15(16,17)18/h4-5,8-12H,2-3,6-7H2,1H3. The van der Waals surface area contributed by atoms with Gasteiger partial charge in [-0.2, -0.15) is 13.2 Å². The highest BCUT2D eigenvalue weighted by molar-refractivity contribution is 5.87. The first-order chi connectivity index (χ1) is 9.41. The molecule has 0 aromatic carbocycles. The van der Waals surface area contributed by atoms with E-state index in [1.54, 1.807) is 31.3 Å². The predicted molar refractivity (Wildman–Crippen MR) is 69.2 cm³/mol. The summed E-state index contributed by atoms with van der Waals surface area (Å²) in [4.78, 5) is 16.5. The van der Waals surface area contributed by atoms with Crippen LogP contribution in [0.3, 0.4) is 0 Å². The van der Waals surface area contributed by atoms with E-state index in [1.165, 1.54) is 0 Å². The molecule has 0 spiro atoms. The quantitative estimate of drug-likeness (QED) is 0.836. The van der Waals surface area contributed by atoms with Crippen molar-refractivity contribution in [2.45, 2.75) is 44.7 Å². The van der Waals surface area contributed by atoms with Crippen LogP contribution in [0.2, 0.25) is 0 Å². The molecule has 0 N–H and O–H groups in total. The molecule has 0 radical (unpaired) electrons. The normalized spacial score (nSPS) is 25.2. The highest BCUT2D eigenvalue weighted by atomic mass is 19.4. The maximum absolute atomic E-state index is 13.0. The molecule has 3 unspecified atom stereocenters. The second kappa shape index (κ2) is 5.94. The van der Waals surface area contributed by atoms with Crippen LogP contribution >= 0.6 is 0 Å². The van der Waals surface area contributed by atoms with Crippen LogP contribution in [0.25, 0.3) is 0 Å². The topological polar surface area (TPSA) is 30.0 Å². The molecule has 1 heterocycles. The molecule has 2 nitrogen and oxygen atoms in total. The number of carbonyl (C=O) groups is 1. The third kappa shape index (κ3) is 3.19. The number of ketones is 1. The number of pyridine rings is 1. The van der Waals surface area contributed by atoms with E-state index in [4.69, 9.17) is 0 Å². The molecular weight excluding hydrogens is 267 g/mol. The fourth-order valence-electron chi connectivity index (χ4n) is 2.96. The number of alkyl halides is 3. The van der Waals surface area contributed by atoms with Gasteiger partial charge in [-0.25, -0.2) is 0 Å². The zero-order valence-corrected chi connectivity index (χ0v) is 11.4. The number of Topliss-reactive ketones (excluding diaryl/α,β-unsaturated/α-hetero) is 1. The molecule has 1 aromatic heterocycles. The van der Waals surface area contributed by atoms with Crippen LogP contribution in [0.1, 0.15) is 44.2 Å². The second-order valence-electron chi connectivity index (χ2n) is 5.42. The van der Waals surface area contributed by atoms with Crippen molar-refractivity contribution < 1.29 is 18.0 Å². The first kappa shape index (κ1) is 15.0. The third-order valence-electron chi connectivity index (χ3n) is 4.11. The monoisotopic (exact) mass is 285 g/mol. The first-order valence-corrected chi connectivity index (χ1v) is 6.92. The van der Waals surface area contributed by atoms with Gasteiger partial charge in [0.2, 0.25) is 0 Å². The number of carbonyl (C=O) groups excluding carboxylic acids is 1. The Morgan fingerprint density at radius 3 is 2.60 bits per heavy atom. The Bertz CT molecular complexity index is 458. The number of nitrogens with zero attached hydrogens (tertiary/aromatic N) is 1. The van der Waals surface area contributed by atoms with Gasteiger partial charge in [0.05, 0.1) is 17.5 Å². The number of hydrogen-bond acceptors (Lipinski definition) is 2. The molecule has 2 rings (SSSR count). The van der Waals surface area contributed by atoms with Crippen molar-refractivity contribution in [1.82, 2.24) is 4.98 Å². The maximum Gasteiger partial charge on any atom is 0.392 e. The summed E-state index contributed by atoms with van der Waals surface area (Å²) in [5.41, 5.74) is 0.545. The van der Waals surface area contributed by atoms with E-state index in [0.717, 1.165) is 0 Å². The summed E-state index contributed by atoms with van der Waals surface area (Å²) < 4.78 is 39.1. The third-order valence-corrected chi connectivity index (χ3v) is 4.11. The fraction of sp³-hybridized carbons (Fsp3) is 0.600. The minimum atomic E-state index is -4.29. The molecule has 1 aliphatic carbocycles. The summed E-state index contributed by atoms with van der Waals surface area (Å²) >= 11 is 0. The van der Waals surface area contributed by atoms with E-state index in [-0.39, 0.29) is 12.2 Å². The molecular formula is C15H18F3NO. The summed E-state index contributed by atoms with van der Waals surface area (Å²) in [5.74, 6) is -3.31. The molecule has 1 saturated carbocycles. The van der Waals surface area contributed by atoms with E-state index in [9.17, 15) is 18.0 Å². The lowest BCUT2D eigenvalue weighted by Crippen LogP contribution is -2.38. The highest BCUT2D eigenvalue weighted by Gasteiger charge is 2.48. The van der Waals surface area contributed by atoms with Crippen molar-refractivity contribution in [3.05, 3.63) is 30.1 Å². The summed E-state index contributed by atoms with van der Waals surface area (Å²) in [7, 11) is 0. The van der Waals surface area contributed by atoms with E-state index in [2.05, 4.69) is 4.98 Å². The SMILES string of the molecule is CC(C(=O)C1CCCCC1C(F)(F)F)c1ccccn1. The van der Waals surface area contributed by atoms with Crippen molar-refractivity contribution >= 4 is 5.78 Å². The molecule has 5 heteroatoms. The molecule has 1 fully saturated rings. The molecule has 0 saturated heterocycles. The van der Waals surface area contributed by atoms with Crippen molar-refractivity contribution in [2.75, 3.05) is 0 Å². The summed E-state index contributed by atoms with van der Waals surface area (Å²) in [6.45, 7) is 1.65. The van der Waals surface area contributed by atoms with Gasteiger partial charge in [-0.15, -0.1) is 0 Å². The van der Waals surface area contributed by atoms with Gasteiger partial charge in [0.25, 0.3) is 0 Å². The van der Waals surface area contributed by atoms with Crippen LogP contribution in [0, 0.1) is 11.8 Å². The minimum absolute atomic E-state index is 0.0643. The van der Waals surface area contributed by atoms with Crippen LogP contribution in [-0.2, 0) is 4.79 Å². The summed E-state index contributed by atoms with van der Waals surface area (Å²) in [5, 5.41) is 0. The molecule has 0 aliphatic heterocycles. The van der Waals surface area contributed by atoms with Crippen LogP contribution in [-0.4, -0.2) is 16.9 Å². The van der Waals surface area contributed by atoms with Crippen LogP contribution in [0.15, 0.2) is 24.4 Å². The molecule has 1 aromatic rings. The van der Waals surface area contributed by atoms with E-state index in [0.29, 0.717) is 25.0 Å². The predicted octanol–water partition coefficient (Wildman–Crippen LogP) is 4.12. The van der Waals surface area contributed by atoms with Gasteiger partial charge in [-0.1, -0.05) is 18.9 Å². The molecule has 1 aliphatic rings. The zero-order valence-electron chi connectivity index (χ0n) is 11.4. The van der Waals surface area contributed by atoms with Gasteiger partial charge in [-0.3, -0.25) is 9.78 Å². The van der Waals surface area contributed by atoms with Crippen LogP contribution in [0.4, 0.5) is 13.2 Å². The number of halogens is 3. The van der Waals surface area contributed by atoms with Gasteiger partial charge in [-0.05, 0) is 31.9 Å².